The summed E-state index contributed by atoms with van der Waals surface area (Å²) in [6.07, 6.45) is 7.32. The molecule has 1 aliphatic carbocycles. The molecule has 0 bridgehead atoms. The third-order valence-electron chi connectivity index (χ3n) is 4.12. The van der Waals surface area contributed by atoms with Gasteiger partial charge in [-0.15, -0.1) is 0 Å². The fourth-order valence-electron chi connectivity index (χ4n) is 3.39. The summed E-state index contributed by atoms with van der Waals surface area (Å²) >= 11 is 0. The smallest absolute Gasteiger partial charge is 0.141 e. The Labute approximate surface area is 110 Å². The molecule has 0 amide bonds. The van der Waals surface area contributed by atoms with Gasteiger partial charge in [0.2, 0.25) is 0 Å². The summed E-state index contributed by atoms with van der Waals surface area (Å²) in [5.41, 5.74) is 7.56. The van der Waals surface area contributed by atoms with Gasteiger partial charge in [0.1, 0.15) is 5.75 Å². The van der Waals surface area contributed by atoms with Crippen LogP contribution in [0.4, 0.5) is 0 Å². The summed E-state index contributed by atoms with van der Waals surface area (Å²) in [4.78, 5) is 4.09. The van der Waals surface area contributed by atoms with Crippen LogP contribution in [0.2, 0.25) is 0 Å². The summed E-state index contributed by atoms with van der Waals surface area (Å²) in [5.74, 6) is 2.92. The van der Waals surface area contributed by atoms with Crippen molar-refractivity contribution in [2.45, 2.75) is 39.2 Å². The van der Waals surface area contributed by atoms with Gasteiger partial charge in [-0.2, -0.15) is 0 Å². The first-order valence-corrected chi connectivity index (χ1v) is 6.85. The molecule has 1 aromatic rings. The van der Waals surface area contributed by atoms with Gasteiger partial charge in [-0.05, 0) is 43.1 Å². The Morgan fingerprint density at radius 3 is 2.56 bits per heavy atom. The van der Waals surface area contributed by atoms with Crippen molar-refractivity contribution in [3.8, 4) is 5.75 Å². The molecule has 1 fully saturated rings. The molecule has 1 saturated carbocycles. The van der Waals surface area contributed by atoms with Gasteiger partial charge >= 0.3 is 0 Å². The van der Waals surface area contributed by atoms with E-state index in [9.17, 15) is 0 Å². The maximum absolute atomic E-state index is 6.46. The summed E-state index contributed by atoms with van der Waals surface area (Å²) in [6.45, 7) is 4.67. The van der Waals surface area contributed by atoms with Crippen molar-refractivity contribution in [2.24, 2.45) is 23.5 Å². The van der Waals surface area contributed by atoms with E-state index in [0.29, 0.717) is 5.92 Å². The first-order valence-electron chi connectivity index (χ1n) is 6.85. The largest absolute Gasteiger partial charge is 0.495 e. The summed E-state index contributed by atoms with van der Waals surface area (Å²) in [6, 6.07) is 2.06. The number of aromatic nitrogens is 1. The monoisotopic (exact) mass is 248 g/mol. The van der Waals surface area contributed by atoms with Crippen molar-refractivity contribution in [3.63, 3.8) is 0 Å². The Bertz CT molecular complexity index is 384. The van der Waals surface area contributed by atoms with E-state index in [2.05, 4.69) is 18.8 Å². The van der Waals surface area contributed by atoms with E-state index < -0.39 is 0 Å². The molecule has 2 rings (SSSR count). The van der Waals surface area contributed by atoms with Gasteiger partial charge in [0.05, 0.1) is 13.3 Å². The minimum atomic E-state index is 0.0631. The van der Waals surface area contributed by atoms with Crippen molar-refractivity contribution in [3.05, 3.63) is 24.0 Å². The molecule has 0 radical (unpaired) electrons. The Balaban J connectivity index is 2.17. The molecule has 0 spiro atoms. The molecule has 1 aromatic heterocycles. The Kier molecular flexibility index (Phi) is 4.23. The lowest BCUT2D eigenvalue weighted by atomic mass is 9.72. The van der Waals surface area contributed by atoms with E-state index >= 15 is 0 Å². The van der Waals surface area contributed by atoms with Crippen LogP contribution < -0.4 is 10.5 Å². The van der Waals surface area contributed by atoms with Crippen LogP contribution in [0.1, 0.15) is 44.7 Å². The van der Waals surface area contributed by atoms with Gasteiger partial charge in [0.15, 0.2) is 0 Å². The van der Waals surface area contributed by atoms with Gasteiger partial charge in [0, 0.05) is 17.8 Å². The van der Waals surface area contributed by atoms with Crippen LogP contribution in [0, 0.1) is 17.8 Å². The molecular formula is C15H24N2O. The van der Waals surface area contributed by atoms with Crippen LogP contribution in [-0.4, -0.2) is 12.1 Å². The van der Waals surface area contributed by atoms with E-state index in [1.54, 1.807) is 19.5 Å². The fraction of sp³-hybridized carbons (Fsp3) is 0.667. The third kappa shape index (κ3) is 2.83. The zero-order valence-corrected chi connectivity index (χ0v) is 11.6. The second kappa shape index (κ2) is 5.70. The summed E-state index contributed by atoms with van der Waals surface area (Å²) < 4.78 is 5.37. The lowest BCUT2D eigenvalue weighted by Crippen LogP contribution is -2.29. The Morgan fingerprint density at radius 2 is 1.94 bits per heavy atom. The topological polar surface area (TPSA) is 48.1 Å². The highest BCUT2D eigenvalue weighted by Gasteiger charge is 2.30. The van der Waals surface area contributed by atoms with Crippen LogP contribution >= 0.6 is 0 Å². The molecule has 3 unspecified atom stereocenters. The first kappa shape index (κ1) is 13.3. The van der Waals surface area contributed by atoms with Crippen molar-refractivity contribution >= 4 is 0 Å². The first-order chi connectivity index (χ1) is 8.61. The Morgan fingerprint density at radius 1 is 1.28 bits per heavy atom. The van der Waals surface area contributed by atoms with Crippen molar-refractivity contribution in [1.82, 2.24) is 4.98 Å². The maximum atomic E-state index is 6.46. The van der Waals surface area contributed by atoms with Gasteiger partial charge in [-0.1, -0.05) is 13.8 Å². The van der Waals surface area contributed by atoms with E-state index in [-0.39, 0.29) is 6.04 Å². The SMILES string of the molecule is COc1cnccc1C(N)C1CC(C)CC(C)C1. The maximum Gasteiger partial charge on any atom is 0.141 e. The fourth-order valence-corrected chi connectivity index (χ4v) is 3.39. The number of hydrogen-bond acceptors (Lipinski definition) is 3. The molecule has 100 valence electrons. The molecular weight excluding hydrogens is 224 g/mol. The minimum Gasteiger partial charge on any atom is -0.495 e. The zero-order chi connectivity index (χ0) is 13.1. The second-order valence-corrected chi connectivity index (χ2v) is 5.82. The molecule has 3 atom stereocenters. The van der Waals surface area contributed by atoms with E-state index in [4.69, 9.17) is 10.5 Å². The average molecular weight is 248 g/mol. The van der Waals surface area contributed by atoms with Crippen molar-refractivity contribution in [1.29, 1.82) is 0 Å². The van der Waals surface area contributed by atoms with Crippen LogP contribution in [-0.2, 0) is 0 Å². The van der Waals surface area contributed by atoms with Crippen LogP contribution in [0.3, 0.4) is 0 Å². The van der Waals surface area contributed by atoms with Gasteiger partial charge in [0.25, 0.3) is 0 Å². The van der Waals surface area contributed by atoms with Gasteiger partial charge in [-0.25, -0.2) is 0 Å². The highest BCUT2D eigenvalue weighted by molar-refractivity contribution is 5.33. The predicted molar refractivity (Wildman–Crippen MR) is 73.4 cm³/mol. The summed E-state index contributed by atoms with van der Waals surface area (Å²) in [5, 5.41) is 0. The number of ether oxygens (including phenoxy) is 1. The number of nitrogens with two attached hydrogens (primary N) is 1. The van der Waals surface area contributed by atoms with Gasteiger partial charge in [-0.3, -0.25) is 4.98 Å². The van der Waals surface area contributed by atoms with E-state index in [0.717, 1.165) is 23.1 Å². The molecule has 0 saturated heterocycles. The molecule has 1 heterocycles. The standard InChI is InChI=1S/C15H24N2O/c1-10-6-11(2)8-12(7-10)15(16)13-4-5-17-9-14(13)18-3/h4-5,9-12,15H,6-8,16H2,1-3H3. The molecule has 0 aromatic carbocycles. The number of hydrogen-bond donors (Lipinski definition) is 1. The van der Waals surface area contributed by atoms with Crippen LogP contribution in [0.15, 0.2) is 18.5 Å². The normalized spacial score (nSPS) is 29.9. The molecule has 3 nitrogen and oxygen atoms in total. The molecule has 2 N–H and O–H groups in total. The zero-order valence-electron chi connectivity index (χ0n) is 11.6. The quantitative estimate of drug-likeness (QED) is 0.893. The van der Waals surface area contributed by atoms with Crippen molar-refractivity contribution < 1.29 is 4.74 Å². The van der Waals surface area contributed by atoms with Gasteiger partial charge < -0.3 is 10.5 Å². The molecule has 18 heavy (non-hydrogen) atoms. The second-order valence-electron chi connectivity index (χ2n) is 5.82. The van der Waals surface area contributed by atoms with Crippen molar-refractivity contribution in [2.75, 3.05) is 7.11 Å². The highest BCUT2D eigenvalue weighted by atomic mass is 16.5. The number of methoxy groups -OCH3 is 1. The molecule has 0 aliphatic heterocycles. The number of rotatable bonds is 3. The lowest BCUT2D eigenvalue weighted by molar-refractivity contribution is 0.192. The lowest BCUT2D eigenvalue weighted by Gasteiger charge is -2.35. The summed E-state index contributed by atoms with van der Waals surface area (Å²) in [7, 11) is 1.68. The minimum absolute atomic E-state index is 0.0631. The molecule has 1 aliphatic rings. The highest BCUT2D eigenvalue weighted by Crippen LogP contribution is 2.40. The van der Waals surface area contributed by atoms with Crippen LogP contribution in [0.5, 0.6) is 5.75 Å². The van der Waals surface area contributed by atoms with E-state index in [1.807, 2.05) is 6.07 Å². The van der Waals surface area contributed by atoms with Crippen LogP contribution in [0.25, 0.3) is 0 Å². The predicted octanol–water partition coefficient (Wildman–Crippen LogP) is 3.16. The average Bonchev–Trinajstić information content (AvgIpc) is 2.36. The third-order valence-corrected chi connectivity index (χ3v) is 4.12. The Hall–Kier alpha value is -1.09. The van der Waals surface area contributed by atoms with E-state index in [1.165, 1.54) is 19.3 Å². The number of nitrogens with zero attached hydrogens (tertiary/aromatic N) is 1. The molecule has 3 heteroatoms. The number of pyridine rings is 1.